The molecule has 1 atom stereocenters. The fourth-order valence-electron chi connectivity index (χ4n) is 3.40. The number of amides is 2. The van der Waals surface area contributed by atoms with E-state index in [0.717, 1.165) is 21.7 Å². The maximum absolute atomic E-state index is 13.2. The number of hydrogen-bond acceptors (Lipinski definition) is 3. The number of anilines is 2. The number of thioether (sulfide) groups is 1. The third-order valence-corrected chi connectivity index (χ3v) is 6.26. The number of nitrogens with one attached hydrogen (secondary N) is 2. The first-order valence-corrected chi connectivity index (χ1v) is 11.5. The molecule has 4 rings (SSSR count). The van der Waals surface area contributed by atoms with Crippen LogP contribution in [0.2, 0.25) is 0 Å². The summed E-state index contributed by atoms with van der Waals surface area (Å²) >= 11 is 1.45. The molecule has 0 aliphatic heterocycles. The fraction of sp³-hybridized carbons (Fsp3) is 0.0714. The van der Waals surface area contributed by atoms with Crippen LogP contribution in [-0.4, -0.2) is 11.8 Å². The van der Waals surface area contributed by atoms with E-state index in [1.165, 1.54) is 11.8 Å². The second-order valence-electron chi connectivity index (χ2n) is 7.62. The highest BCUT2D eigenvalue weighted by Crippen LogP contribution is 2.37. The Bertz CT molecular complexity index is 1240. The van der Waals surface area contributed by atoms with E-state index in [-0.39, 0.29) is 11.8 Å². The molecular weight excluding hydrogens is 428 g/mol. The molecule has 1 unspecified atom stereocenters. The zero-order chi connectivity index (χ0) is 23.0. The topological polar surface area (TPSA) is 58.2 Å². The van der Waals surface area contributed by atoms with Gasteiger partial charge in [-0.05, 0) is 55.0 Å². The smallest absolute Gasteiger partial charge is 0.255 e. The van der Waals surface area contributed by atoms with E-state index in [9.17, 15) is 9.59 Å². The molecule has 0 saturated carbocycles. The summed E-state index contributed by atoms with van der Waals surface area (Å²) in [6.45, 7) is 1.96. The molecule has 33 heavy (non-hydrogen) atoms. The number of benzene rings is 4. The van der Waals surface area contributed by atoms with Gasteiger partial charge in [0.1, 0.15) is 5.25 Å². The fourth-order valence-corrected chi connectivity index (χ4v) is 4.49. The van der Waals surface area contributed by atoms with Crippen molar-refractivity contribution < 1.29 is 9.59 Å². The summed E-state index contributed by atoms with van der Waals surface area (Å²) < 4.78 is 0. The Labute approximate surface area is 198 Å². The van der Waals surface area contributed by atoms with Gasteiger partial charge in [-0.3, -0.25) is 9.59 Å². The normalized spacial score (nSPS) is 11.4. The van der Waals surface area contributed by atoms with E-state index in [1.807, 2.05) is 110 Å². The third kappa shape index (κ3) is 6.11. The monoisotopic (exact) mass is 452 g/mol. The maximum Gasteiger partial charge on any atom is 0.255 e. The van der Waals surface area contributed by atoms with Gasteiger partial charge < -0.3 is 10.6 Å². The van der Waals surface area contributed by atoms with Gasteiger partial charge in [0.15, 0.2) is 0 Å². The zero-order valence-corrected chi connectivity index (χ0v) is 19.0. The van der Waals surface area contributed by atoms with Crippen LogP contribution in [0.4, 0.5) is 11.4 Å². The third-order valence-electron chi connectivity index (χ3n) is 5.01. The van der Waals surface area contributed by atoms with Gasteiger partial charge in [-0.2, -0.15) is 0 Å². The molecule has 0 bridgehead atoms. The molecule has 4 aromatic rings. The SMILES string of the molecule is Cc1cccc(C(=O)Nc2cccc(SC(C(=O)Nc3ccccc3)c3ccccc3)c2)c1. The van der Waals surface area contributed by atoms with E-state index >= 15 is 0 Å². The maximum atomic E-state index is 13.2. The molecule has 164 valence electrons. The van der Waals surface area contributed by atoms with Crippen LogP contribution >= 0.6 is 11.8 Å². The molecule has 0 aliphatic rings. The van der Waals surface area contributed by atoms with Crippen LogP contribution < -0.4 is 10.6 Å². The quantitative estimate of drug-likeness (QED) is 0.306. The van der Waals surface area contributed by atoms with Crippen molar-refractivity contribution in [2.45, 2.75) is 17.1 Å². The van der Waals surface area contributed by atoms with Crippen molar-refractivity contribution in [2.24, 2.45) is 0 Å². The summed E-state index contributed by atoms with van der Waals surface area (Å²) in [4.78, 5) is 26.7. The highest BCUT2D eigenvalue weighted by molar-refractivity contribution is 8.00. The lowest BCUT2D eigenvalue weighted by molar-refractivity contribution is -0.115. The Kier molecular flexibility index (Phi) is 7.22. The van der Waals surface area contributed by atoms with Crippen LogP contribution in [0.15, 0.2) is 114 Å². The lowest BCUT2D eigenvalue weighted by Gasteiger charge is -2.18. The van der Waals surface area contributed by atoms with Gasteiger partial charge in [-0.15, -0.1) is 11.8 Å². The average molecular weight is 453 g/mol. The first-order valence-electron chi connectivity index (χ1n) is 10.6. The second-order valence-corrected chi connectivity index (χ2v) is 8.79. The Hall–Kier alpha value is -3.83. The van der Waals surface area contributed by atoms with Crippen LogP contribution in [0.5, 0.6) is 0 Å². The molecule has 0 spiro atoms. The molecule has 0 radical (unpaired) electrons. The van der Waals surface area contributed by atoms with Gasteiger partial charge in [0.25, 0.3) is 5.91 Å². The van der Waals surface area contributed by atoms with Crippen molar-refractivity contribution in [3.8, 4) is 0 Å². The van der Waals surface area contributed by atoms with E-state index in [0.29, 0.717) is 11.3 Å². The van der Waals surface area contributed by atoms with Gasteiger partial charge in [0.2, 0.25) is 5.91 Å². The second kappa shape index (κ2) is 10.7. The predicted octanol–water partition coefficient (Wildman–Crippen LogP) is 6.72. The Morgan fingerprint density at radius 1 is 0.697 bits per heavy atom. The van der Waals surface area contributed by atoms with E-state index in [4.69, 9.17) is 0 Å². The molecule has 0 heterocycles. The lowest BCUT2D eigenvalue weighted by atomic mass is 10.1. The van der Waals surface area contributed by atoms with Gasteiger partial charge in [0, 0.05) is 21.8 Å². The van der Waals surface area contributed by atoms with Crippen molar-refractivity contribution in [3.63, 3.8) is 0 Å². The number of para-hydroxylation sites is 1. The Morgan fingerprint density at radius 3 is 2.09 bits per heavy atom. The van der Waals surface area contributed by atoms with Gasteiger partial charge in [0.05, 0.1) is 0 Å². The summed E-state index contributed by atoms with van der Waals surface area (Å²) in [7, 11) is 0. The first kappa shape index (κ1) is 22.4. The van der Waals surface area contributed by atoms with Gasteiger partial charge in [-0.25, -0.2) is 0 Å². The van der Waals surface area contributed by atoms with Gasteiger partial charge >= 0.3 is 0 Å². The number of hydrogen-bond donors (Lipinski definition) is 2. The summed E-state index contributed by atoms with van der Waals surface area (Å²) in [6, 6.07) is 34.1. The minimum absolute atomic E-state index is 0.105. The molecule has 5 heteroatoms. The molecule has 0 aromatic heterocycles. The van der Waals surface area contributed by atoms with Crippen molar-refractivity contribution in [3.05, 3.63) is 126 Å². The average Bonchev–Trinajstić information content (AvgIpc) is 2.84. The minimum atomic E-state index is -0.450. The highest BCUT2D eigenvalue weighted by atomic mass is 32.2. The Morgan fingerprint density at radius 2 is 1.36 bits per heavy atom. The lowest BCUT2D eigenvalue weighted by Crippen LogP contribution is -2.19. The van der Waals surface area contributed by atoms with Crippen molar-refractivity contribution in [1.29, 1.82) is 0 Å². The number of rotatable bonds is 7. The summed E-state index contributed by atoms with van der Waals surface area (Å²) in [5.41, 5.74) is 3.98. The van der Waals surface area contributed by atoms with E-state index in [2.05, 4.69) is 10.6 Å². The summed E-state index contributed by atoms with van der Waals surface area (Å²) in [6.07, 6.45) is 0. The van der Waals surface area contributed by atoms with Crippen LogP contribution in [0, 0.1) is 6.92 Å². The molecule has 0 aliphatic carbocycles. The van der Waals surface area contributed by atoms with E-state index < -0.39 is 5.25 Å². The molecule has 0 fully saturated rings. The molecular formula is C28H24N2O2S. The zero-order valence-electron chi connectivity index (χ0n) is 18.2. The van der Waals surface area contributed by atoms with E-state index in [1.54, 1.807) is 6.07 Å². The predicted molar refractivity (Wildman–Crippen MR) is 136 cm³/mol. The molecule has 0 saturated heterocycles. The van der Waals surface area contributed by atoms with Crippen molar-refractivity contribution >= 4 is 35.0 Å². The standard InChI is InChI=1S/C28H24N2O2S/c1-20-10-8-13-22(18-20)27(31)30-24-16-9-17-25(19-24)33-26(21-11-4-2-5-12-21)28(32)29-23-14-6-3-7-15-23/h2-19,26H,1H3,(H,29,32)(H,30,31). The van der Waals surface area contributed by atoms with Crippen LogP contribution in [0.25, 0.3) is 0 Å². The van der Waals surface area contributed by atoms with Crippen molar-refractivity contribution in [2.75, 3.05) is 10.6 Å². The molecule has 2 amide bonds. The molecule has 2 N–H and O–H groups in total. The van der Waals surface area contributed by atoms with Crippen molar-refractivity contribution in [1.82, 2.24) is 0 Å². The molecule has 4 aromatic carbocycles. The van der Waals surface area contributed by atoms with Crippen LogP contribution in [-0.2, 0) is 4.79 Å². The largest absolute Gasteiger partial charge is 0.325 e. The Balaban J connectivity index is 1.54. The molecule has 4 nitrogen and oxygen atoms in total. The minimum Gasteiger partial charge on any atom is -0.325 e. The van der Waals surface area contributed by atoms with Crippen LogP contribution in [0.1, 0.15) is 26.7 Å². The summed E-state index contributed by atoms with van der Waals surface area (Å²) in [5.74, 6) is -0.270. The summed E-state index contributed by atoms with van der Waals surface area (Å²) in [5, 5.41) is 5.51. The number of carbonyl (C=O) groups is 2. The van der Waals surface area contributed by atoms with Gasteiger partial charge in [-0.1, -0.05) is 72.3 Å². The first-order chi connectivity index (χ1) is 16.1. The number of carbonyl (C=O) groups excluding carboxylic acids is 2. The number of aryl methyl sites for hydroxylation is 1. The van der Waals surface area contributed by atoms with Crippen LogP contribution in [0.3, 0.4) is 0 Å². The highest BCUT2D eigenvalue weighted by Gasteiger charge is 2.22.